The number of hydrogen-bond acceptors (Lipinski definition) is 4. The minimum atomic E-state index is 0.0498. The second-order valence-electron chi connectivity index (χ2n) is 4.75. The zero-order valence-corrected chi connectivity index (χ0v) is 12.4. The molecule has 1 heterocycles. The maximum Gasteiger partial charge on any atom is 0.225 e. The largest absolute Gasteiger partial charge is 0.308 e. The van der Waals surface area contributed by atoms with E-state index >= 15 is 0 Å². The molecule has 1 aromatic rings. The van der Waals surface area contributed by atoms with Gasteiger partial charge in [-0.25, -0.2) is 4.98 Å². The Morgan fingerprint density at radius 2 is 2.42 bits per heavy atom. The first-order valence-corrected chi connectivity index (χ1v) is 7.69. The second kappa shape index (κ2) is 6.82. The molecule has 1 atom stereocenters. The summed E-state index contributed by atoms with van der Waals surface area (Å²) in [6.45, 7) is 5.00. The second-order valence-corrected chi connectivity index (χ2v) is 5.58. The average molecular weight is 279 g/mol. The van der Waals surface area contributed by atoms with Crippen LogP contribution in [-0.2, 0) is 11.3 Å². The van der Waals surface area contributed by atoms with E-state index in [-0.39, 0.29) is 5.91 Å². The Morgan fingerprint density at radius 3 is 3.05 bits per heavy atom. The first kappa shape index (κ1) is 14.2. The van der Waals surface area contributed by atoms with Gasteiger partial charge in [0.25, 0.3) is 0 Å². The van der Waals surface area contributed by atoms with Crippen molar-refractivity contribution in [3.63, 3.8) is 0 Å². The molecule has 1 unspecified atom stereocenters. The highest BCUT2D eigenvalue weighted by molar-refractivity contribution is 7.14. The molecule has 0 spiro atoms. The van der Waals surface area contributed by atoms with Crippen molar-refractivity contribution in [3.8, 4) is 0 Å². The van der Waals surface area contributed by atoms with E-state index in [0.29, 0.717) is 12.6 Å². The van der Waals surface area contributed by atoms with Crippen LogP contribution in [-0.4, -0.2) is 23.5 Å². The molecule has 0 aromatic carbocycles. The average Bonchev–Trinajstić information content (AvgIpc) is 2.87. The molecule has 0 radical (unpaired) electrons. The summed E-state index contributed by atoms with van der Waals surface area (Å²) < 4.78 is 0. The zero-order chi connectivity index (χ0) is 13.7. The molecule has 0 saturated heterocycles. The molecule has 1 aliphatic rings. The van der Waals surface area contributed by atoms with Gasteiger partial charge in [-0.3, -0.25) is 9.69 Å². The molecule has 104 valence electrons. The number of rotatable bonds is 5. The van der Waals surface area contributed by atoms with Crippen molar-refractivity contribution in [2.45, 2.75) is 45.7 Å². The normalized spacial score (nSPS) is 18.5. The lowest BCUT2D eigenvalue weighted by atomic mass is 10.0. The third-order valence-corrected chi connectivity index (χ3v) is 4.22. The van der Waals surface area contributed by atoms with E-state index in [1.165, 1.54) is 17.8 Å². The van der Waals surface area contributed by atoms with Crippen LogP contribution >= 0.6 is 11.3 Å². The van der Waals surface area contributed by atoms with Crippen LogP contribution in [0.3, 0.4) is 0 Å². The van der Waals surface area contributed by atoms with Crippen molar-refractivity contribution in [2.75, 3.05) is 11.4 Å². The molecule has 1 aliphatic carbocycles. The molecule has 2 rings (SSSR count). The minimum absolute atomic E-state index is 0.0498. The summed E-state index contributed by atoms with van der Waals surface area (Å²) in [4.78, 5) is 17.7. The standard InChI is InChI=1S/C14H21N3OS/c1-3-17(11(2)18)14-16-13(10-19-14)9-15-12-7-5-4-6-8-12/h4-5,10,12,15H,3,6-9H2,1-2H3. The van der Waals surface area contributed by atoms with E-state index in [2.05, 4.69) is 22.5 Å². The van der Waals surface area contributed by atoms with Crippen LogP contribution in [0.15, 0.2) is 17.5 Å². The van der Waals surface area contributed by atoms with Crippen LogP contribution in [0.1, 0.15) is 38.8 Å². The summed E-state index contributed by atoms with van der Waals surface area (Å²) in [7, 11) is 0. The fourth-order valence-electron chi connectivity index (χ4n) is 2.22. The summed E-state index contributed by atoms with van der Waals surface area (Å²) >= 11 is 1.54. The van der Waals surface area contributed by atoms with Crippen molar-refractivity contribution >= 4 is 22.4 Å². The SMILES string of the molecule is CCN(C(C)=O)c1nc(CNC2CC=CCC2)cs1. The first-order chi connectivity index (χ1) is 9.20. The Morgan fingerprint density at radius 1 is 1.58 bits per heavy atom. The van der Waals surface area contributed by atoms with Gasteiger partial charge in [0.05, 0.1) is 5.69 Å². The number of carbonyl (C=O) groups is 1. The summed E-state index contributed by atoms with van der Waals surface area (Å²) in [5.74, 6) is 0.0498. The Kier molecular flexibility index (Phi) is 5.10. The predicted molar refractivity (Wildman–Crippen MR) is 79.4 cm³/mol. The lowest BCUT2D eigenvalue weighted by Gasteiger charge is -2.18. The van der Waals surface area contributed by atoms with Crippen molar-refractivity contribution in [3.05, 3.63) is 23.2 Å². The van der Waals surface area contributed by atoms with Gasteiger partial charge in [0, 0.05) is 31.4 Å². The summed E-state index contributed by atoms with van der Waals surface area (Å²) in [5, 5.41) is 6.36. The van der Waals surface area contributed by atoms with Gasteiger partial charge in [-0.1, -0.05) is 12.2 Å². The molecule has 1 N–H and O–H groups in total. The van der Waals surface area contributed by atoms with Gasteiger partial charge in [0.2, 0.25) is 5.91 Å². The van der Waals surface area contributed by atoms with E-state index < -0.39 is 0 Å². The molecular weight excluding hydrogens is 258 g/mol. The highest BCUT2D eigenvalue weighted by Crippen LogP contribution is 2.21. The van der Waals surface area contributed by atoms with Crippen LogP contribution < -0.4 is 10.2 Å². The number of nitrogens with zero attached hydrogens (tertiary/aromatic N) is 2. The Labute approximate surface area is 118 Å². The number of aromatic nitrogens is 1. The van der Waals surface area contributed by atoms with Crippen LogP contribution in [0.25, 0.3) is 0 Å². The van der Waals surface area contributed by atoms with Gasteiger partial charge in [0.1, 0.15) is 0 Å². The lowest BCUT2D eigenvalue weighted by Crippen LogP contribution is -2.30. The minimum Gasteiger partial charge on any atom is -0.308 e. The van der Waals surface area contributed by atoms with E-state index in [1.807, 2.05) is 12.3 Å². The number of amides is 1. The van der Waals surface area contributed by atoms with Crippen molar-refractivity contribution < 1.29 is 4.79 Å². The van der Waals surface area contributed by atoms with Crippen LogP contribution in [0, 0.1) is 0 Å². The van der Waals surface area contributed by atoms with E-state index in [0.717, 1.165) is 30.2 Å². The summed E-state index contributed by atoms with van der Waals surface area (Å²) in [6.07, 6.45) is 7.94. The smallest absolute Gasteiger partial charge is 0.225 e. The van der Waals surface area contributed by atoms with Crippen LogP contribution in [0.2, 0.25) is 0 Å². The molecule has 0 fully saturated rings. The molecule has 0 bridgehead atoms. The molecule has 4 nitrogen and oxygen atoms in total. The molecule has 0 saturated carbocycles. The maximum absolute atomic E-state index is 11.5. The van der Waals surface area contributed by atoms with Crippen LogP contribution in [0.4, 0.5) is 5.13 Å². The van der Waals surface area contributed by atoms with Gasteiger partial charge >= 0.3 is 0 Å². The molecular formula is C14H21N3OS. The molecule has 5 heteroatoms. The quantitative estimate of drug-likeness (QED) is 0.843. The van der Waals surface area contributed by atoms with Gasteiger partial charge < -0.3 is 5.32 Å². The third kappa shape index (κ3) is 3.88. The van der Waals surface area contributed by atoms with Crippen molar-refractivity contribution in [1.29, 1.82) is 0 Å². The van der Waals surface area contributed by atoms with E-state index in [1.54, 1.807) is 11.8 Å². The van der Waals surface area contributed by atoms with Gasteiger partial charge in [-0.05, 0) is 26.2 Å². The zero-order valence-electron chi connectivity index (χ0n) is 11.6. The van der Waals surface area contributed by atoms with Gasteiger partial charge in [0.15, 0.2) is 5.13 Å². The van der Waals surface area contributed by atoms with Crippen molar-refractivity contribution in [1.82, 2.24) is 10.3 Å². The number of nitrogens with one attached hydrogen (secondary N) is 1. The number of thiazole rings is 1. The maximum atomic E-state index is 11.5. The lowest BCUT2D eigenvalue weighted by molar-refractivity contribution is -0.116. The fraction of sp³-hybridized carbons (Fsp3) is 0.571. The van der Waals surface area contributed by atoms with Gasteiger partial charge in [-0.2, -0.15) is 0 Å². The first-order valence-electron chi connectivity index (χ1n) is 6.81. The third-order valence-electron chi connectivity index (χ3n) is 3.31. The highest BCUT2D eigenvalue weighted by Gasteiger charge is 2.14. The summed E-state index contributed by atoms with van der Waals surface area (Å²) in [6, 6.07) is 0.560. The van der Waals surface area contributed by atoms with Crippen molar-refractivity contribution in [2.24, 2.45) is 0 Å². The molecule has 19 heavy (non-hydrogen) atoms. The fourth-order valence-corrected chi connectivity index (χ4v) is 3.15. The Hall–Kier alpha value is -1.20. The number of hydrogen-bond donors (Lipinski definition) is 1. The highest BCUT2D eigenvalue weighted by atomic mass is 32.1. The van der Waals surface area contributed by atoms with Gasteiger partial charge in [-0.15, -0.1) is 11.3 Å². The Bertz CT molecular complexity index is 455. The Balaban J connectivity index is 1.89. The number of allylic oxidation sites excluding steroid dienone is 1. The van der Waals surface area contributed by atoms with Crippen LogP contribution in [0.5, 0.6) is 0 Å². The molecule has 1 amide bonds. The molecule has 1 aromatic heterocycles. The molecule has 0 aliphatic heterocycles. The number of carbonyl (C=O) groups excluding carboxylic acids is 1. The topological polar surface area (TPSA) is 45.2 Å². The summed E-state index contributed by atoms with van der Waals surface area (Å²) in [5.41, 5.74) is 1.02. The van der Waals surface area contributed by atoms with E-state index in [9.17, 15) is 4.79 Å². The van der Waals surface area contributed by atoms with E-state index in [4.69, 9.17) is 0 Å². The monoisotopic (exact) mass is 279 g/mol. The predicted octanol–water partition coefficient (Wildman–Crippen LogP) is 2.71. The number of anilines is 1.